The van der Waals surface area contributed by atoms with E-state index in [0.717, 1.165) is 19.3 Å². The number of ketones is 1. The van der Waals surface area contributed by atoms with Gasteiger partial charge in [-0.2, -0.15) is 0 Å². The summed E-state index contributed by atoms with van der Waals surface area (Å²) in [6.07, 6.45) is 14.3. The van der Waals surface area contributed by atoms with E-state index in [4.69, 9.17) is 11.2 Å². The van der Waals surface area contributed by atoms with Gasteiger partial charge in [0.2, 0.25) is 11.4 Å². The van der Waals surface area contributed by atoms with E-state index in [1.54, 1.807) is 12.1 Å². The fourth-order valence-corrected chi connectivity index (χ4v) is 2.63. The van der Waals surface area contributed by atoms with Gasteiger partial charge in [0.15, 0.2) is 0 Å². The van der Waals surface area contributed by atoms with Crippen molar-refractivity contribution in [2.24, 2.45) is 0 Å². The van der Waals surface area contributed by atoms with Crippen molar-refractivity contribution in [3.8, 4) is 12.3 Å². The Hall–Kier alpha value is -2.12. The number of carbonyl (C=O) groups excluding carboxylic acids is 2. The molecular weight excluding hydrogens is 328 g/mol. The first kappa shape index (κ1) is 21.9. The van der Waals surface area contributed by atoms with Crippen LogP contribution in [-0.4, -0.2) is 29.1 Å². The molecule has 4 nitrogen and oxygen atoms in total. The summed E-state index contributed by atoms with van der Waals surface area (Å²) in [5.74, 6) is 0.845. The minimum absolute atomic E-state index is 0.216. The summed E-state index contributed by atoms with van der Waals surface area (Å²) in [6, 6.07) is 6.18. The van der Waals surface area contributed by atoms with Gasteiger partial charge in [-0.05, 0) is 25.5 Å². The number of carbonyl (C=O) groups is 2. The van der Waals surface area contributed by atoms with Gasteiger partial charge >= 0.3 is 5.97 Å². The molecule has 0 unspecified atom stereocenters. The van der Waals surface area contributed by atoms with Crippen molar-refractivity contribution >= 4 is 11.8 Å². The zero-order valence-corrected chi connectivity index (χ0v) is 15.9. The maximum absolute atomic E-state index is 12.4. The number of ether oxygens (including phenoxy) is 1. The van der Waals surface area contributed by atoms with Crippen LogP contribution in [0.5, 0.6) is 0 Å². The van der Waals surface area contributed by atoms with Crippen molar-refractivity contribution in [1.29, 1.82) is 0 Å². The van der Waals surface area contributed by atoms with Gasteiger partial charge in [-0.15, -0.1) is 6.42 Å². The molecular formula is C22H30O4. The Labute approximate surface area is 157 Å². The topological polar surface area (TPSA) is 63.6 Å². The van der Waals surface area contributed by atoms with Crippen molar-refractivity contribution in [2.45, 2.75) is 70.8 Å². The van der Waals surface area contributed by atoms with E-state index >= 15 is 0 Å². The van der Waals surface area contributed by atoms with Crippen LogP contribution in [0.25, 0.3) is 0 Å². The second-order valence-corrected chi connectivity index (χ2v) is 6.73. The van der Waals surface area contributed by atoms with Gasteiger partial charge in [0.1, 0.15) is 0 Å². The van der Waals surface area contributed by atoms with E-state index < -0.39 is 17.4 Å². The number of hydrogen-bond acceptors (Lipinski definition) is 4. The fourth-order valence-electron chi connectivity index (χ4n) is 2.63. The quantitative estimate of drug-likeness (QED) is 0.199. The lowest BCUT2D eigenvalue weighted by Crippen LogP contribution is -2.45. The SMILES string of the molecule is C#Cc1ccc(C(=O)[C@@](C)(O)C(=O)OCCCCCCCCCC)cc1. The lowest BCUT2D eigenvalue weighted by molar-refractivity contribution is -0.158. The highest BCUT2D eigenvalue weighted by atomic mass is 16.5. The van der Waals surface area contributed by atoms with Crippen LogP contribution in [0.4, 0.5) is 0 Å². The molecule has 1 aromatic rings. The Morgan fingerprint density at radius 2 is 1.58 bits per heavy atom. The highest BCUT2D eigenvalue weighted by molar-refractivity contribution is 6.14. The third-order valence-electron chi connectivity index (χ3n) is 4.38. The Morgan fingerprint density at radius 1 is 1.04 bits per heavy atom. The maximum Gasteiger partial charge on any atom is 0.346 e. The molecule has 0 aromatic heterocycles. The van der Waals surface area contributed by atoms with Crippen LogP contribution in [0.3, 0.4) is 0 Å². The minimum atomic E-state index is -2.20. The van der Waals surface area contributed by atoms with Gasteiger partial charge in [0.05, 0.1) is 6.61 Å². The summed E-state index contributed by atoms with van der Waals surface area (Å²) in [4.78, 5) is 24.4. The number of benzene rings is 1. The molecule has 26 heavy (non-hydrogen) atoms. The molecule has 0 amide bonds. The first-order valence-corrected chi connectivity index (χ1v) is 9.44. The van der Waals surface area contributed by atoms with Gasteiger partial charge in [-0.25, -0.2) is 4.79 Å². The van der Waals surface area contributed by atoms with Crippen LogP contribution in [0.15, 0.2) is 24.3 Å². The van der Waals surface area contributed by atoms with Crippen LogP contribution in [-0.2, 0) is 9.53 Å². The van der Waals surface area contributed by atoms with E-state index in [-0.39, 0.29) is 12.2 Å². The monoisotopic (exact) mass is 358 g/mol. The van der Waals surface area contributed by atoms with Crippen LogP contribution < -0.4 is 0 Å². The molecule has 0 radical (unpaired) electrons. The number of Topliss-reactive ketones (excluding diaryl/α,β-unsaturated/α-hetero) is 1. The molecule has 0 aliphatic heterocycles. The van der Waals surface area contributed by atoms with Crippen LogP contribution >= 0.6 is 0 Å². The molecule has 0 aliphatic rings. The highest BCUT2D eigenvalue weighted by Gasteiger charge is 2.40. The average Bonchev–Trinajstić information content (AvgIpc) is 2.65. The Bertz CT molecular complexity index is 608. The minimum Gasteiger partial charge on any atom is -0.463 e. The number of hydrogen-bond donors (Lipinski definition) is 1. The molecule has 1 N–H and O–H groups in total. The summed E-state index contributed by atoms with van der Waals surface area (Å²) in [5.41, 5.74) is -1.35. The summed E-state index contributed by atoms with van der Waals surface area (Å²) in [7, 11) is 0. The smallest absolute Gasteiger partial charge is 0.346 e. The molecule has 0 aliphatic carbocycles. The molecule has 1 rings (SSSR count). The number of esters is 1. The van der Waals surface area contributed by atoms with Gasteiger partial charge in [0, 0.05) is 11.1 Å². The van der Waals surface area contributed by atoms with Crippen LogP contribution in [0.1, 0.15) is 81.1 Å². The first-order chi connectivity index (χ1) is 12.4. The van der Waals surface area contributed by atoms with Gasteiger partial charge in [-0.3, -0.25) is 4.79 Å². The van der Waals surface area contributed by atoms with Crippen molar-refractivity contribution in [3.63, 3.8) is 0 Å². The molecule has 0 heterocycles. The number of unbranched alkanes of at least 4 members (excludes halogenated alkanes) is 7. The molecule has 0 saturated carbocycles. The molecule has 142 valence electrons. The van der Waals surface area contributed by atoms with E-state index in [0.29, 0.717) is 5.56 Å². The normalized spacial score (nSPS) is 12.8. The zero-order chi connectivity index (χ0) is 19.4. The van der Waals surface area contributed by atoms with Crippen molar-refractivity contribution in [3.05, 3.63) is 35.4 Å². The van der Waals surface area contributed by atoms with Gasteiger partial charge in [-0.1, -0.05) is 69.9 Å². The Kier molecular flexibility index (Phi) is 9.69. The van der Waals surface area contributed by atoms with Gasteiger partial charge in [0.25, 0.3) is 0 Å². The number of aliphatic hydroxyl groups is 1. The second kappa shape index (κ2) is 11.5. The van der Waals surface area contributed by atoms with E-state index in [9.17, 15) is 14.7 Å². The second-order valence-electron chi connectivity index (χ2n) is 6.73. The Morgan fingerprint density at radius 3 is 2.12 bits per heavy atom. The summed E-state index contributed by atoms with van der Waals surface area (Å²) in [5, 5.41) is 10.3. The molecule has 0 saturated heterocycles. The molecule has 0 fully saturated rings. The summed E-state index contributed by atoms with van der Waals surface area (Å²) >= 11 is 0. The standard InChI is InChI=1S/C22H30O4/c1-4-6-7-8-9-10-11-12-17-26-21(24)22(3,25)20(23)19-15-13-18(5-2)14-16-19/h2,13-16,25H,4,6-12,17H2,1,3H3/t22-/m1/s1. The lowest BCUT2D eigenvalue weighted by Gasteiger charge is -2.20. The number of rotatable bonds is 12. The van der Waals surface area contributed by atoms with E-state index in [2.05, 4.69) is 12.8 Å². The summed E-state index contributed by atoms with van der Waals surface area (Å²) in [6.45, 7) is 3.58. The van der Waals surface area contributed by atoms with Crippen molar-refractivity contribution < 1.29 is 19.4 Å². The maximum atomic E-state index is 12.4. The third-order valence-corrected chi connectivity index (χ3v) is 4.38. The lowest BCUT2D eigenvalue weighted by atomic mass is 9.94. The highest BCUT2D eigenvalue weighted by Crippen LogP contribution is 2.17. The third kappa shape index (κ3) is 7.01. The molecule has 0 bridgehead atoms. The zero-order valence-electron chi connectivity index (χ0n) is 15.9. The predicted molar refractivity (Wildman–Crippen MR) is 103 cm³/mol. The van der Waals surface area contributed by atoms with Crippen LogP contribution in [0.2, 0.25) is 0 Å². The van der Waals surface area contributed by atoms with Gasteiger partial charge < -0.3 is 9.84 Å². The van der Waals surface area contributed by atoms with Crippen molar-refractivity contribution in [1.82, 2.24) is 0 Å². The van der Waals surface area contributed by atoms with Crippen molar-refractivity contribution in [2.75, 3.05) is 6.61 Å². The fraction of sp³-hybridized carbons (Fsp3) is 0.545. The summed E-state index contributed by atoms with van der Waals surface area (Å²) < 4.78 is 5.10. The number of terminal acetylenes is 1. The average molecular weight is 358 g/mol. The molecule has 0 spiro atoms. The van der Waals surface area contributed by atoms with E-state index in [1.165, 1.54) is 51.2 Å². The molecule has 4 heteroatoms. The predicted octanol–water partition coefficient (Wildman–Crippen LogP) is 4.29. The van der Waals surface area contributed by atoms with E-state index in [1.807, 2.05) is 0 Å². The Balaban J connectivity index is 2.35. The van der Waals surface area contributed by atoms with Crippen LogP contribution in [0, 0.1) is 12.3 Å². The molecule has 1 aromatic carbocycles. The first-order valence-electron chi connectivity index (χ1n) is 9.44. The molecule has 1 atom stereocenters. The largest absolute Gasteiger partial charge is 0.463 e.